The second-order valence-corrected chi connectivity index (χ2v) is 19.9. The molecule has 5 rings (SSSR count). The van der Waals surface area contributed by atoms with E-state index in [-0.39, 0.29) is 51.5 Å². The summed E-state index contributed by atoms with van der Waals surface area (Å²) in [4.78, 5) is 38.7. The zero-order valence-corrected chi connectivity index (χ0v) is 32.4. The number of carboxylic acid groups (broad SMARTS) is 1. The minimum absolute atomic E-state index is 0.0229. The van der Waals surface area contributed by atoms with Crippen LogP contribution in [0.3, 0.4) is 0 Å². The third kappa shape index (κ3) is 5.94. The van der Waals surface area contributed by atoms with Crippen LogP contribution >= 0.6 is 0 Å². The zero-order valence-electron chi connectivity index (χ0n) is 32.4. The molecule has 8 atom stereocenters. The van der Waals surface area contributed by atoms with Crippen molar-refractivity contribution in [2.45, 2.75) is 159 Å². The highest BCUT2D eigenvalue weighted by Crippen LogP contribution is 2.77. The fraction of sp³-hybridized carbons (Fsp3) is 0.881. The van der Waals surface area contributed by atoms with Gasteiger partial charge in [0.15, 0.2) is 5.78 Å². The van der Waals surface area contributed by atoms with E-state index in [0.717, 1.165) is 45.2 Å². The first-order chi connectivity index (χ1) is 22.2. The van der Waals surface area contributed by atoms with Crippen molar-refractivity contribution in [3.63, 3.8) is 0 Å². The van der Waals surface area contributed by atoms with Crippen LogP contribution in [0.2, 0.25) is 0 Å². The van der Waals surface area contributed by atoms with Gasteiger partial charge in [-0.05, 0) is 143 Å². The number of esters is 1. The van der Waals surface area contributed by atoms with Gasteiger partial charge in [-0.1, -0.05) is 67.9 Å². The summed E-state index contributed by atoms with van der Waals surface area (Å²) in [6.07, 6.45) is 11.5. The second kappa shape index (κ2) is 12.8. The highest BCUT2D eigenvalue weighted by atomic mass is 16.5. The molecule has 0 bridgehead atoms. The van der Waals surface area contributed by atoms with Crippen molar-refractivity contribution in [1.29, 1.82) is 0 Å². The Balaban J connectivity index is 1.40. The molecule has 0 radical (unpaired) electrons. The first-order valence-corrected chi connectivity index (χ1v) is 19.6. The first-order valence-electron chi connectivity index (χ1n) is 19.6. The Morgan fingerprint density at radius 1 is 0.896 bits per heavy atom. The number of ether oxygens (including phenoxy) is 1. The number of fused-ring (bicyclic) bond motifs is 7. The quantitative estimate of drug-likeness (QED) is 0.169. The van der Waals surface area contributed by atoms with Crippen LogP contribution in [-0.2, 0) is 19.1 Å². The molecule has 5 aliphatic rings. The summed E-state index contributed by atoms with van der Waals surface area (Å²) in [7, 11) is 0. The molecular formula is C42H69NO5. The van der Waals surface area contributed by atoms with E-state index < -0.39 is 11.4 Å². The largest absolute Gasteiger partial charge is 0.481 e. The maximum atomic E-state index is 13.9. The Bertz CT molecular complexity index is 1310. The fourth-order valence-corrected chi connectivity index (χ4v) is 12.7. The van der Waals surface area contributed by atoms with Crippen LogP contribution in [0.1, 0.15) is 153 Å². The normalized spacial score (nSPS) is 39.1. The van der Waals surface area contributed by atoms with Gasteiger partial charge in [-0.25, -0.2) is 0 Å². The Morgan fingerprint density at radius 3 is 2.21 bits per heavy atom. The number of rotatable bonds is 11. The van der Waals surface area contributed by atoms with Crippen LogP contribution in [0.5, 0.6) is 0 Å². The number of carbonyl (C=O) groups is 3. The standard InChI is InChI=1S/C42H69NO5/c1-26(2)16-22-43-23-21-42-20-19-40(10)28(35(42)34(27(3)4)29(44)24-42)12-13-31-39(9)17-15-32(48-33(45)25-37(5,6)36(46)47)38(7,8)30(39)14-18-41(31,40)11/h26-28,30-32,43H,12-25H2,1-11H3,(H,46,47)/t28-,30?,31?,32+,39+,40-,41-,42-/m1/s1. The van der Waals surface area contributed by atoms with Gasteiger partial charge in [-0.3, -0.25) is 14.4 Å². The lowest BCUT2D eigenvalue weighted by Gasteiger charge is -2.72. The molecule has 48 heavy (non-hydrogen) atoms. The predicted molar refractivity (Wildman–Crippen MR) is 192 cm³/mol. The topological polar surface area (TPSA) is 92.7 Å². The molecule has 0 heterocycles. The molecule has 0 aromatic heterocycles. The Morgan fingerprint density at radius 2 is 1.58 bits per heavy atom. The van der Waals surface area contributed by atoms with E-state index in [1.807, 2.05) is 0 Å². The SMILES string of the molecule is CC(C)CCNCC[C@@]12CC[C@]3(C)[C@H](CCC4[C@@]5(C)CC[C@H](OC(=O)CC(C)(C)C(=O)O)C(C)(C)C5CC[C@]43C)C1=C(C(C)C)C(=O)C2. The molecule has 4 saturated carbocycles. The summed E-state index contributed by atoms with van der Waals surface area (Å²) in [5.41, 5.74) is 1.92. The van der Waals surface area contributed by atoms with Gasteiger partial charge in [0.2, 0.25) is 0 Å². The number of carboxylic acids is 1. The molecule has 6 nitrogen and oxygen atoms in total. The number of allylic oxidation sites excluding steroid dienone is 2. The summed E-state index contributed by atoms with van der Waals surface area (Å²) in [5.74, 6) is 1.51. The first kappa shape index (κ1) is 37.6. The van der Waals surface area contributed by atoms with Gasteiger partial charge >= 0.3 is 11.9 Å². The number of aliphatic carboxylic acids is 1. The van der Waals surface area contributed by atoms with Crippen molar-refractivity contribution < 1.29 is 24.2 Å². The Hall–Kier alpha value is -1.69. The minimum Gasteiger partial charge on any atom is -0.481 e. The smallest absolute Gasteiger partial charge is 0.309 e. The van der Waals surface area contributed by atoms with Crippen LogP contribution in [0.25, 0.3) is 0 Å². The summed E-state index contributed by atoms with van der Waals surface area (Å²) < 4.78 is 6.17. The molecule has 5 aliphatic carbocycles. The van der Waals surface area contributed by atoms with Crippen LogP contribution in [0.15, 0.2) is 11.1 Å². The van der Waals surface area contributed by atoms with Crippen LogP contribution < -0.4 is 5.32 Å². The number of ketones is 1. The van der Waals surface area contributed by atoms with Crippen LogP contribution in [0.4, 0.5) is 0 Å². The molecule has 0 aromatic carbocycles. The maximum Gasteiger partial charge on any atom is 0.309 e. The summed E-state index contributed by atoms with van der Waals surface area (Å²) in [6.45, 7) is 26.7. The third-order valence-electron chi connectivity index (χ3n) is 15.6. The van der Waals surface area contributed by atoms with Crippen molar-refractivity contribution in [2.75, 3.05) is 13.1 Å². The molecule has 272 valence electrons. The van der Waals surface area contributed by atoms with E-state index in [1.54, 1.807) is 19.4 Å². The number of Topliss-reactive ketones (excluding diaryl/α,β-unsaturated/α-hetero) is 1. The predicted octanol–water partition coefficient (Wildman–Crippen LogP) is 9.41. The molecular weight excluding hydrogens is 598 g/mol. The Kier molecular flexibility index (Phi) is 10.0. The van der Waals surface area contributed by atoms with E-state index in [0.29, 0.717) is 35.9 Å². The number of nitrogens with one attached hydrogen (secondary N) is 1. The van der Waals surface area contributed by atoms with Crippen molar-refractivity contribution in [2.24, 2.45) is 62.1 Å². The monoisotopic (exact) mass is 668 g/mol. The molecule has 2 unspecified atom stereocenters. The van der Waals surface area contributed by atoms with Gasteiger partial charge in [-0.2, -0.15) is 0 Å². The molecule has 2 N–H and O–H groups in total. The van der Waals surface area contributed by atoms with Crippen molar-refractivity contribution in [3.05, 3.63) is 11.1 Å². The van der Waals surface area contributed by atoms with Gasteiger partial charge in [0.05, 0.1) is 11.8 Å². The summed E-state index contributed by atoms with van der Waals surface area (Å²) in [5, 5.41) is 13.3. The van der Waals surface area contributed by atoms with Crippen molar-refractivity contribution in [3.8, 4) is 0 Å². The fourth-order valence-electron chi connectivity index (χ4n) is 12.7. The molecule has 4 fully saturated rings. The summed E-state index contributed by atoms with van der Waals surface area (Å²) in [6, 6.07) is 0. The Labute approximate surface area is 292 Å². The van der Waals surface area contributed by atoms with Crippen LogP contribution in [-0.4, -0.2) is 42.0 Å². The van der Waals surface area contributed by atoms with E-state index in [9.17, 15) is 19.5 Å². The number of carbonyl (C=O) groups excluding carboxylic acids is 2. The minimum atomic E-state index is -1.14. The van der Waals surface area contributed by atoms with E-state index in [4.69, 9.17) is 4.74 Å². The van der Waals surface area contributed by atoms with Crippen molar-refractivity contribution >= 4 is 17.7 Å². The number of hydrogen-bond donors (Lipinski definition) is 2. The van der Waals surface area contributed by atoms with Gasteiger partial charge in [0.1, 0.15) is 6.10 Å². The molecule has 6 heteroatoms. The summed E-state index contributed by atoms with van der Waals surface area (Å²) >= 11 is 0. The van der Waals surface area contributed by atoms with Crippen molar-refractivity contribution in [1.82, 2.24) is 5.32 Å². The molecule has 0 aromatic rings. The van der Waals surface area contributed by atoms with E-state index >= 15 is 0 Å². The second-order valence-electron chi connectivity index (χ2n) is 19.9. The average molecular weight is 668 g/mol. The van der Waals surface area contributed by atoms with Gasteiger partial charge < -0.3 is 15.2 Å². The zero-order chi connectivity index (χ0) is 35.7. The highest BCUT2D eigenvalue weighted by Gasteiger charge is 2.70. The highest BCUT2D eigenvalue weighted by molar-refractivity contribution is 6.00. The lowest BCUT2D eigenvalue weighted by Crippen LogP contribution is -2.65. The van der Waals surface area contributed by atoms with Gasteiger partial charge in [-0.15, -0.1) is 0 Å². The average Bonchev–Trinajstić information content (AvgIpc) is 3.26. The van der Waals surface area contributed by atoms with Gasteiger partial charge in [0.25, 0.3) is 0 Å². The lowest BCUT2D eigenvalue weighted by molar-refractivity contribution is -0.233. The molecule has 0 aliphatic heterocycles. The molecule has 0 saturated heterocycles. The molecule has 0 amide bonds. The van der Waals surface area contributed by atoms with E-state index in [1.165, 1.54) is 37.7 Å². The lowest BCUT2D eigenvalue weighted by atomic mass is 9.33. The third-order valence-corrected chi connectivity index (χ3v) is 15.6. The van der Waals surface area contributed by atoms with Crippen LogP contribution in [0, 0.1) is 62.1 Å². The van der Waals surface area contributed by atoms with E-state index in [2.05, 4.69) is 67.6 Å². The van der Waals surface area contributed by atoms with Gasteiger partial charge in [0, 0.05) is 17.3 Å². The maximum absolute atomic E-state index is 13.9. The number of hydrogen-bond acceptors (Lipinski definition) is 5. The molecule has 0 spiro atoms.